The Hall–Kier alpha value is -2.71. The second kappa shape index (κ2) is 8.97. The third kappa shape index (κ3) is 4.39. The van der Waals surface area contributed by atoms with Gasteiger partial charge >= 0.3 is 5.97 Å². The summed E-state index contributed by atoms with van der Waals surface area (Å²) < 4.78 is 37.4. The number of benzene rings is 2. The Morgan fingerprint density at radius 3 is 2.10 bits per heavy atom. The van der Waals surface area contributed by atoms with Crippen molar-refractivity contribution in [2.24, 2.45) is 5.92 Å². The maximum Gasteiger partial charge on any atom is 0.337 e. The van der Waals surface area contributed by atoms with Gasteiger partial charge in [-0.3, -0.25) is 4.79 Å². The van der Waals surface area contributed by atoms with Crippen LogP contribution in [-0.2, 0) is 14.8 Å². The van der Waals surface area contributed by atoms with Crippen molar-refractivity contribution in [2.45, 2.75) is 24.7 Å². The van der Waals surface area contributed by atoms with Gasteiger partial charge in [0.1, 0.15) is 5.75 Å². The topological polar surface area (TPSA) is 90.0 Å². The molecule has 0 aliphatic carbocycles. The third-order valence-electron chi connectivity index (χ3n) is 5.41. The summed E-state index contributed by atoms with van der Waals surface area (Å²) in [6.07, 6.45) is 0.923. The van der Waals surface area contributed by atoms with Crippen molar-refractivity contribution in [2.75, 3.05) is 27.3 Å². The Balaban J connectivity index is 1.70. The number of hydrogen-bond acceptors (Lipinski definition) is 6. The average Bonchev–Trinajstić information content (AvgIpc) is 2.77. The molecule has 0 bridgehead atoms. The molecule has 0 amide bonds. The minimum Gasteiger partial charge on any atom is -0.497 e. The van der Waals surface area contributed by atoms with Crippen LogP contribution in [-0.4, -0.2) is 51.8 Å². The molecular weight excluding hydrogens is 406 g/mol. The zero-order valence-corrected chi connectivity index (χ0v) is 18.1. The standard InChI is InChI=1S/C22H25NO6S/c1-15-14-18(22(25)29-3)6-9-20(15)30(26,27)23-12-10-17(11-13-23)21(24)16-4-7-19(28-2)8-5-16/h4-9,14,17H,10-13H2,1-3H3. The van der Waals surface area contributed by atoms with Crippen molar-refractivity contribution in [3.05, 3.63) is 59.2 Å². The maximum atomic E-state index is 13.1. The molecule has 8 heteroatoms. The Morgan fingerprint density at radius 1 is 0.967 bits per heavy atom. The second-order valence-corrected chi connectivity index (χ2v) is 9.15. The number of methoxy groups -OCH3 is 2. The van der Waals surface area contributed by atoms with E-state index in [1.807, 2.05) is 0 Å². The lowest BCUT2D eigenvalue weighted by Crippen LogP contribution is -2.40. The fourth-order valence-corrected chi connectivity index (χ4v) is 5.35. The van der Waals surface area contributed by atoms with Crippen LogP contribution in [0, 0.1) is 12.8 Å². The first-order valence-electron chi connectivity index (χ1n) is 9.65. The summed E-state index contributed by atoms with van der Waals surface area (Å²) in [4.78, 5) is 24.6. The van der Waals surface area contributed by atoms with E-state index in [-0.39, 0.29) is 29.7 Å². The third-order valence-corrected chi connectivity index (χ3v) is 7.47. The van der Waals surface area contributed by atoms with E-state index in [1.165, 1.54) is 29.6 Å². The quantitative estimate of drug-likeness (QED) is 0.516. The normalized spacial score (nSPS) is 15.6. The zero-order valence-electron chi connectivity index (χ0n) is 17.3. The molecule has 2 aromatic rings. The molecule has 7 nitrogen and oxygen atoms in total. The smallest absolute Gasteiger partial charge is 0.337 e. The second-order valence-electron chi connectivity index (χ2n) is 7.24. The predicted octanol–water partition coefficient (Wildman–Crippen LogP) is 3.07. The minimum absolute atomic E-state index is 0.0216. The molecule has 0 aromatic heterocycles. The number of esters is 1. The lowest BCUT2D eigenvalue weighted by Gasteiger charge is -2.31. The number of rotatable bonds is 6. The van der Waals surface area contributed by atoms with Gasteiger partial charge in [0.05, 0.1) is 24.7 Å². The van der Waals surface area contributed by atoms with Crippen LogP contribution in [0.1, 0.15) is 39.1 Å². The monoisotopic (exact) mass is 431 g/mol. The van der Waals surface area contributed by atoms with Crippen molar-refractivity contribution < 1.29 is 27.5 Å². The molecule has 0 spiro atoms. The lowest BCUT2D eigenvalue weighted by molar-refractivity contribution is 0.0600. The number of carbonyl (C=O) groups is 2. The highest BCUT2D eigenvalue weighted by Crippen LogP contribution is 2.28. The highest BCUT2D eigenvalue weighted by molar-refractivity contribution is 7.89. The van der Waals surface area contributed by atoms with Gasteiger partial charge in [0.25, 0.3) is 0 Å². The summed E-state index contributed by atoms with van der Waals surface area (Å²) >= 11 is 0. The molecule has 1 saturated heterocycles. The summed E-state index contributed by atoms with van der Waals surface area (Å²) in [5.74, 6) is -0.0260. The van der Waals surface area contributed by atoms with Crippen molar-refractivity contribution in [1.82, 2.24) is 4.31 Å². The Kier molecular flexibility index (Phi) is 6.58. The summed E-state index contributed by atoms with van der Waals surface area (Å²) in [5, 5.41) is 0. The summed E-state index contributed by atoms with van der Waals surface area (Å²) in [6, 6.07) is 11.4. The minimum atomic E-state index is -3.71. The largest absolute Gasteiger partial charge is 0.497 e. The molecule has 30 heavy (non-hydrogen) atoms. The van der Waals surface area contributed by atoms with Gasteiger partial charge < -0.3 is 9.47 Å². The Morgan fingerprint density at radius 2 is 1.57 bits per heavy atom. The molecule has 0 unspecified atom stereocenters. The molecule has 1 aliphatic heterocycles. The van der Waals surface area contributed by atoms with Crippen LogP contribution >= 0.6 is 0 Å². The summed E-state index contributed by atoms with van der Waals surface area (Å²) in [5.41, 5.74) is 1.39. The van der Waals surface area contributed by atoms with Gasteiger partial charge in [0.2, 0.25) is 10.0 Å². The zero-order chi connectivity index (χ0) is 21.9. The van der Waals surface area contributed by atoms with Gasteiger partial charge in [-0.15, -0.1) is 0 Å². The molecule has 1 fully saturated rings. The van der Waals surface area contributed by atoms with Gasteiger partial charge in [-0.05, 0) is 67.8 Å². The SMILES string of the molecule is COC(=O)c1ccc(S(=O)(=O)N2CCC(C(=O)c3ccc(OC)cc3)CC2)c(C)c1. The fourth-order valence-electron chi connectivity index (χ4n) is 3.67. The fraction of sp³-hybridized carbons (Fsp3) is 0.364. The summed E-state index contributed by atoms with van der Waals surface area (Å²) in [7, 11) is -0.867. The number of ether oxygens (including phenoxy) is 2. The van der Waals surface area contributed by atoms with E-state index in [4.69, 9.17) is 4.74 Å². The number of piperidine rings is 1. The van der Waals surface area contributed by atoms with Crippen molar-refractivity contribution >= 4 is 21.8 Å². The highest BCUT2D eigenvalue weighted by atomic mass is 32.2. The van der Waals surface area contributed by atoms with Crippen LogP contribution in [0.3, 0.4) is 0 Å². The average molecular weight is 432 g/mol. The van der Waals surface area contributed by atoms with Crippen molar-refractivity contribution in [3.63, 3.8) is 0 Å². The van der Waals surface area contributed by atoms with Gasteiger partial charge in [0, 0.05) is 24.6 Å². The van der Waals surface area contributed by atoms with E-state index in [2.05, 4.69) is 4.74 Å². The van der Waals surface area contributed by atoms with Crippen LogP contribution in [0.2, 0.25) is 0 Å². The van der Waals surface area contributed by atoms with Gasteiger partial charge in [-0.25, -0.2) is 13.2 Å². The molecule has 0 radical (unpaired) electrons. The Bertz CT molecular complexity index is 1040. The first-order chi connectivity index (χ1) is 14.3. The molecule has 2 aromatic carbocycles. The van der Waals surface area contributed by atoms with Crippen molar-refractivity contribution in [1.29, 1.82) is 0 Å². The maximum absolute atomic E-state index is 13.1. The van der Waals surface area contributed by atoms with Crippen LogP contribution in [0.25, 0.3) is 0 Å². The molecule has 0 saturated carbocycles. The number of carbonyl (C=O) groups excluding carboxylic acids is 2. The van der Waals surface area contributed by atoms with Crippen molar-refractivity contribution in [3.8, 4) is 5.75 Å². The number of aryl methyl sites for hydroxylation is 1. The number of ketones is 1. The van der Waals surface area contributed by atoms with E-state index in [1.54, 1.807) is 38.3 Å². The highest BCUT2D eigenvalue weighted by Gasteiger charge is 2.33. The van der Waals surface area contributed by atoms with Crippen LogP contribution in [0.15, 0.2) is 47.4 Å². The number of nitrogens with zero attached hydrogens (tertiary/aromatic N) is 1. The van der Waals surface area contributed by atoms with E-state index in [9.17, 15) is 18.0 Å². The number of Topliss-reactive ketones (excluding diaryl/α,β-unsaturated/α-hetero) is 1. The van der Waals surface area contributed by atoms with Crippen LogP contribution in [0.5, 0.6) is 5.75 Å². The molecule has 0 N–H and O–H groups in total. The first kappa shape index (κ1) is 22.0. The molecule has 1 aliphatic rings. The van der Waals surface area contributed by atoms with Crippen LogP contribution in [0.4, 0.5) is 0 Å². The molecule has 1 heterocycles. The van der Waals surface area contributed by atoms with E-state index >= 15 is 0 Å². The Labute approximate surface area is 176 Å². The molecule has 160 valence electrons. The van der Waals surface area contributed by atoms with Gasteiger partial charge in [-0.1, -0.05) is 0 Å². The molecule has 0 atom stereocenters. The van der Waals surface area contributed by atoms with Gasteiger partial charge in [-0.2, -0.15) is 4.31 Å². The van der Waals surface area contributed by atoms with E-state index < -0.39 is 16.0 Å². The number of hydrogen-bond donors (Lipinski definition) is 0. The lowest BCUT2D eigenvalue weighted by atomic mass is 9.89. The molecule has 3 rings (SSSR count). The first-order valence-corrected chi connectivity index (χ1v) is 11.1. The van der Waals surface area contributed by atoms with Crippen LogP contribution < -0.4 is 4.74 Å². The predicted molar refractivity (Wildman–Crippen MR) is 111 cm³/mol. The van der Waals surface area contributed by atoms with Gasteiger partial charge in [0.15, 0.2) is 5.78 Å². The summed E-state index contributed by atoms with van der Waals surface area (Å²) in [6.45, 7) is 2.19. The van der Waals surface area contributed by atoms with E-state index in [0.29, 0.717) is 35.3 Å². The number of sulfonamides is 1. The molecular formula is C22H25NO6S. The van der Waals surface area contributed by atoms with E-state index in [0.717, 1.165) is 0 Å².